The van der Waals surface area contributed by atoms with Gasteiger partial charge in [0, 0.05) is 26.1 Å². The van der Waals surface area contributed by atoms with Crippen molar-refractivity contribution < 1.29 is 9.47 Å². The van der Waals surface area contributed by atoms with Gasteiger partial charge < -0.3 is 14.0 Å². The van der Waals surface area contributed by atoms with Gasteiger partial charge in [-0.25, -0.2) is 0 Å². The SMILES string of the molecule is Cn1c(CN2CCCC2)nnc1C1CCCN(Cc2ccc3c(c2)OCO3)C1. The van der Waals surface area contributed by atoms with E-state index in [4.69, 9.17) is 9.47 Å². The Kier molecular flexibility index (Phi) is 4.94. The molecule has 3 aliphatic rings. The topological polar surface area (TPSA) is 55.7 Å². The molecule has 28 heavy (non-hydrogen) atoms. The first-order chi connectivity index (χ1) is 13.8. The Morgan fingerprint density at radius 3 is 2.68 bits per heavy atom. The Morgan fingerprint density at radius 2 is 1.79 bits per heavy atom. The van der Waals surface area contributed by atoms with Gasteiger partial charge in [0.25, 0.3) is 0 Å². The van der Waals surface area contributed by atoms with Crippen molar-refractivity contribution in [3.63, 3.8) is 0 Å². The van der Waals surface area contributed by atoms with Crippen LogP contribution in [-0.2, 0) is 20.1 Å². The molecule has 2 fully saturated rings. The lowest BCUT2D eigenvalue weighted by Gasteiger charge is -2.32. The fourth-order valence-corrected chi connectivity index (χ4v) is 4.72. The van der Waals surface area contributed by atoms with Crippen molar-refractivity contribution in [3.05, 3.63) is 35.4 Å². The second kappa shape index (κ2) is 7.72. The Labute approximate surface area is 166 Å². The van der Waals surface area contributed by atoms with Gasteiger partial charge in [-0.2, -0.15) is 0 Å². The van der Waals surface area contributed by atoms with E-state index in [1.54, 1.807) is 0 Å². The van der Waals surface area contributed by atoms with Crippen LogP contribution in [0.15, 0.2) is 18.2 Å². The number of rotatable bonds is 5. The van der Waals surface area contributed by atoms with Gasteiger partial charge in [-0.05, 0) is 63.0 Å². The van der Waals surface area contributed by atoms with Crippen molar-refractivity contribution in [3.8, 4) is 11.5 Å². The molecule has 4 heterocycles. The number of likely N-dealkylation sites (tertiary alicyclic amines) is 2. The molecule has 7 heteroatoms. The van der Waals surface area contributed by atoms with E-state index in [-0.39, 0.29) is 0 Å². The number of hydrogen-bond acceptors (Lipinski definition) is 6. The second-order valence-electron chi connectivity index (χ2n) is 8.28. The van der Waals surface area contributed by atoms with Crippen molar-refractivity contribution in [2.45, 2.75) is 44.7 Å². The Hall–Kier alpha value is -2.12. The van der Waals surface area contributed by atoms with Crippen LogP contribution in [0, 0.1) is 0 Å². The fourth-order valence-electron chi connectivity index (χ4n) is 4.72. The highest BCUT2D eigenvalue weighted by Gasteiger charge is 2.27. The summed E-state index contributed by atoms with van der Waals surface area (Å²) in [5.41, 5.74) is 1.28. The molecular weight excluding hydrogens is 354 g/mol. The first-order valence-electron chi connectivity index (χ1n) is 10.5. The average Bonchev–Trinajstić information content (AvgIpc) is 3.45. The number of aromatic nitrogens is 3. The second-order valence-corrected chi connectivity index (χ2v) is 8.28. The molecule has 1 aromatic carbocycles. The van der Waals surface area contributed by atoms with E-state index in [2.05, 4.69) is 43.7 Å². The lowest BCUT2D eigenvalue weighted by molar-refractivity contribution is 0.173. The summed E-state index contributed by atoms with van der Waals surface area (Å²) in [7, 11) is 2.14. The quantitative estimate of drug-likeness (QED) is 0.791. The number of fused-ring (bicyclic) bond motifs is 1. The summed E-state index contributed by atoms with van der Waals surface area (Å²) in [4.78, 5) is 5.02. The monoisotopic (exact) mass is 383 g/mol. The molecule has 2 saturated heterocycles. The van der Waals surface area contributed by atoms with E-state index < -0.39 is 0 Å². The van der Waals surface area contributed by atoms with Crippen molar-refractivity contribution in [1.29, 1.82) is 0 Å². The smallest absolute Gasteiger partial charge is 0.231 e. The zero-order valence-electron chi connectivity index (χ0n) is 16.6. The van der Waals surface area contributed by atoms with Crippen LogP contribution in [0.2, 0.25) is 0 Å². The number of piperidine rings is 1. The van der Waals surface area contributed by atoms with Crippen LogP contribution in [0.25, 0.3) is 0 Å². The minimum Gasteiger partial charge on any atom is -0.454 e. The van der Waals surface area contributed by atoms with Gasteiger partial charge in [0.15, 0.2) is 11.5 Å². The molecule has 0 aliphatic carbocycles. The van der Waals surface area contributed by atoms with Crippen LogP contribution < -0.4 is 9.47 Å². The maximum atomic E-state index is 5.53. The van der Waals surface area contributed by atoms with Crippen LogP contribution in [-0.4, -0.2) is 57.5 Å². The van der Waals surface area contributed by atoms with E-state index in [1.807, 2.05) is 6.07 Å². The van der Waals surface area contributed by atoms with Gasteiger partial charge >= 0.3 is 0 Å². The van der Waals surface area contributed by atoms with Gasteiger partial charge in [-0.1, -0.05) is 6.07 Å². The van der Waals surface area contributed by atoms with Crippen molar-refractivity contribution in [2.75, 3.05) is 33.0 Å². The van der Waals surface area contributed by atoms with E-state index in [0.717, 1.165) is 49.3 Å². The highest BCUT2D eigenvalue weighted by atomic mass is 16.7. The fraction of sp³-hybridized carbons (Fsp3) is 0.619. The standard InChI is InChI=1S/C21H29N5O2/c1-24-20(14-25-8-2-3-9-25)22-23-21(24)17-5-4-10-26(13-17)12-16-6-7-18-19(11-16)28-15-27-18/h6-7,11,17H,2-5,8-10,12-15H2,1H3. The summed E-state index contributed by atoms with van der Waals surface area (Å²) >= 11 is 0. The van der Waals surface area contributed by atoms with Crippen LogP contribution in [0.5, 0.6) is 11.5 Å². The van der Waals surface area contributed by atoms with Gasteiger partial charge in [-0.15, -0.1) is 10.2 Å². The highest BCUT2D eigenvalue weighted by molar-refractivity contribution is 5.44. The van der Waals surface area contributed by atoms with E-state index >= 15 is 0 Å². The van der Waals surface area contributed by atoms with Gasteiger partial charge in [0.2, 0.25) is 6.79 Å². The number of nitrogens with zero attached hydrogens (tertiary/aromatic N) is 5. The molecule has 1 aromatic heterocycles. The summed E-state index contributed by atoms with van der Waals surface area (Å²) in [5, 5.41) is 9.12. The van der Waals surface area contributed by atoms with Gasteiger partial charge in [0.05, 0.1) is 6.54 Å². The minimum absolute atomic E-state index is 0.330. The van der Waals surface area contributed by atoms with Crippen molar-refractivity contribution in [2.24, 2.45) is 7.05 Å². The molecule has 0 spiro atoms. The molecule has 0 bridgehead atoms. The molecule has 150 valence electrons. The normalized spacial score (nSPS) is 22.8. The summed E-state index contributed by atoms with van der Waals surface area (Å²) in [6, 6.07) is 6.28. The zero-order chi connectivity index (χ0) is 18.9. The maximum absolute atomic E-state index is 5.53. The first kappa shape index (κ1) is 17.9. The number of hydrogen-bond donors (Lipinski definition) is 0. The molecular formula is C21H29N5O2. The highest BCUT2D eigenvalue weighted by Crippen LogP contribution is 2.33. The molecule has 7 nitrogen and oxygen atoms in total. The van der Waals surface area contributed by atoms with Crippen LogP contribution in [0.1, 0.15) is 48.8 Å². The summed E-state index contributed by atoms with van der Waals surface area (Å²) in [5.74, 6) is 4.41. The summed E-state index contributed by atoms with van der Waals surface area (Å²) < 4.78 is 13.2. The molecule has 0 radical (unpaired) electrons. The zero-order valence-corrected chi connectivity index (χ0v) is 16.6. The molecule has 1 atom stereocenters. The predicted octanol–water partition coefficient (Wildman–Crippen LogP) is 2.52. The van der Waals surface area contributed by atoms with Crippen LogP contribution in [0.4, 0.5) is 0 Å². The van der Waals surface area contributed by atoms with E-state index in [1.165, 1.54) is 44.3 Å². The summed E-state index contributed by atoms with van der Waals surface area (Å²) in [6.07, 6.45) is 5.00. The third-order valence-electron chi connectivity index (χ3n) is 6.28. The largest absolute Gasteiger partial charge is 0.454 e. The molecule has 3 aliphatic heterocycles. The molecule has 5 rings (SSSR count). The lowest BCUT2D eigenvalue weighted by atomic mass is 9.96. The predicted molar refractivity (Wildman–Crippen MR) is 105 cm³/mol. The average molecular weight is 383 g/mol. The van der Waals surface area contributed by atoms with E-state index in [9.17, 15) is 0 Å². The molecule has 0 N–H and O–H groups in total. The minimum atomic E-state index is 0.330. The summed E-state index contributed by atoms with van der Waals surface area (Å²) in [6.45, 7) is 6.73. The Bertz CT molecular complexity index is 830. The lowest BCUT2D eigenvalue weighted by Crippen LogP contribution is -2.35. The first-order valence-corrected chi connectivity index (χ1v) is 10.5. The molecule has 2 aromatic rings. The maximum Gasteiger partial charge on any atom is 0.231 e. The van der Waals surface area contributed by atoms with E-state index in [0.29, 0.717) is 12.7 Å². The Balaban J connectivity index is 1.25. The molecule has 0 amide bonds. The van der Waals surface area contributed by atoms with Gasteiger partial charge in [-0.3, -0.25) is 9.80 Å². The Morgan fingerprint density at radius 1 is 0.964 bits per heavy atom. The van der Waals surface area contributed by atoms with Crippen LogP contribution in [0.3, 0.4) is 0 Å². The molecule has 1 unspecified atom stereocenters. The van der Waals surface area contributed by atoms with Crippen LogP contribution >= 0.6 is 0 Å². The third kappa shape index (κ3) is 3.61. The van der Waals surface area contributed by atoms with Gasteiger partial charge in [0.1, 0.15) is 11.6 Å². The number of benzene rings is 1. The van der Waals surface area contributed by atoms with Crippen molar-refractivity contribution >= 4 is 0 Å². The number of ether oxygens (including phenoxy) is 2. The van der Waals surface area contributed by atoms with Crippen molar-refractivity contribution in [1.82, 2.24) is 24.6 Å². The third-order valence-corrected chi connectivity index (χ3v) is 6.28. The molecule has 0 saturated carbocycles.